The van der Waals surface area contributed by atoms with E-state index < -0.39 is 15.9 Å². The van der Waals surface area contributed by atoms with Gasteiger partial charge in [-0.3, -0.25) is 13.9 Å². The van der Waals surface area contributed by atoms with Gasteiger partial charge < -0.3 is 16.4 Å². The predicted octanol–water partition coefficient (Wildman–Crippen LogP) is 3.85. The van der Waals surface area contributed by atoms with Crippen molar-refractivity contribution in [2.75, 3.05) is 36.4 Å². The van der Waals surface area contributed by atoms with Crippen LogP contribution in [0.1, 0.15) is 56.1 Å². The Morgan fingerprint density at radius 2 is 1.86 bits per heavy atom. The van der Waals surface area contributed by atoms with E-state index in [0.29, 0.717) is 36.3 Å². The molecule has 0 aromatic heterocycles. The van der Waals surface area contributed by atoms with Crippen molar-refractivity contribution in [3.8, 4) is 0 Å². The second kappa shape index (κ2) is 12.6. The van der Waals surface area contributed by atoms with E-state index in [1.807, 2.05) is 19.1 Å². The van der Waals surface area contributed by atoms with E-state index in [0.717, 1.165) is 35.6 Å². The summed E-state index contributed by atoms with van der Waals surface area (Å²) in [7, 11) is -2.11. The summed E-state index contributed by atoms with van der Waals surface area (Å²) in [6.07, 6.45) is 4.63. The number of amides is 2. The number of nitrogen functional groups attached to an aromatic ring is 1. The van der Waals surface area contributed by atoms with E-state index in [9.17, 15) is 18.0 Å². The summed E-state index contributed by atoms with van der Waals surface area (Å²) in [6, 6.07) is 10.7. The van der Waals surface area contributed by atoms with Crippen LogP contribution in [0.4, 0.5) is 17.1 Å². The Kier molecular flexibility index (Phi) is 9.72. The number of rotatable bonds is 12. The molecule has 11 heteroatoms. The van der Waals surface area contributed by atoms with Crippen molar-refractivity contribution in [2.24, 2.45) is 4.99 Å². The number of sulfonamides is 1. The lowest BCUT2D eigenvalue weighted by Gasteiger charge is -2.26. The molecule has 0 radical (unpaired) electrons. The van der Waals surface area contributed by atoms with Gasteiger partial charge in [0.1, 0.15) is 5.71 Å². The van der Waals surface area contributed by atoms with Crippen LogP contribution in [0.5, 0.6) is 0 Å². The fourth-order valence-electron chi connectivity index (χ4n) is 3.99. The third-order valence-corrected chi connectivity index (χ3v) is 7.70. The zero-order chi connectivity index (χ0) is 27.2. The first-order valence-electron chi connectivity index (χ1n) is 12.3. The number of nitrogens with two attached hydrogens (primary N) is 1. The number of nitrogens with one attached hydrogen (secondary N) is 2. The zero-order valence-electron chi connectivity index (χ0n) is 21.4. The van der Waals surface area contributed by atoms with E-state index in [4.69, 9.17) is 5.73 Å². The fraction of sp³-hybridized carbons (Fsp3) is 0.423. The lowest BCUT2D eigenvalue weighted by Crippen LogP contribution is -2.34. The second-order valence-electron chi connectivity index (χ2n) is 9.08. The van der Waals surface area contributed by atoms with Gasteiger partial charge in [-0.2, -0.15) is 0 Å². The summed E-state index contributed by atoms with van der Waals surface area (Å²) in [5.74, 6) is -0.277. The molecule has 1 aliphatic carbocycles. The lowest BCUT2D eigenvalue weighted by molar-refractivity contribution is -0.121. The molecule has 9 nitrogen and oxygen atoms in total. The molecule has 0 unspecified atom stereocenters. The molecular weight excluding hydrogens is 558 g/mol. The van der Waals surface area contributed by atoms with Gasteiger partial charge in [0.2, 0.25) is 15.9 Å². The highest BCUT2D eigenvalue weighted by Crippen LogP contribution is 2.46. The quantitative estimate of drug-likeness (QED) is 0.196. The van der Waals surface area contributed by atoms with Crippen LogP contribution in [-0.4, -0.2) is 52.3 Å². The number of carbonyl (C=O) groups is 2. The van der Waals surface area contributed by atoms with E-state index >= 15 is 0 Å². The van der Waals surface area contributed by atoms with Gasteiger partial charge in [0.05, 0.1) is 17.6 Å². The number of likely N-dealkylation sites (N-methyl/N-ethyl adjacent to an activating group) is 1. The van der Waals surface area contributed by atoms with E-state index in [2.05, 4.69) is 31.6 Å². The molecule has 2 aromatic carbocycles. The summed E-state index contributed by atoms with van der Waals surface area (Å²) in [4.78, 5) is 29.2. The van der Waals surface area contributed by atoms with Crippen LogP contribution < -0.4 is 20.7 Å². The molecule has 0 heterocycles. The summed E-state index contributed by atoms with van der Waals surface area (Å²) in [6.45, 7) is 2.49. The Hall–Kier alpha value is -2.92. The molecule has 0 aliphatic heterocycles. The standard InChI is InChI=1S/C26H34BrN5O4S/c1-4-6-24(33)30-13-5-14-32(37(3,35)36)23-16-22(28)21(15-20(23)17-7-8-17)25(26(34)29-2)31-19-11-9-18(27)10-12-19/h9-12,15-17H,4-8,13-14,28H2,1-3H3,(H,29,34)(H,30,33). The first-order chi connectivity index (χ1) is 17.5. The lowest BCUT2D eigenvalue weighted by atomic mass is 9.98. The molecule has 3 rings (SSSR count). The number of nitrogens with zero attached hydrogens (tertiary/aromatic N) is 2. The molecule has 0 saturated heterocycles. The molecule has 0 spiro atoms. The normalized spacial score (nSPS) is 13.8. The highest BCUT2D eigenvalue weighted by atomic mass is 79.9. The Labute approximate surface area is 227 Å². The number of hydrogen-bond donors (Lipinski definition) is 3. The van der Waals surface area contributed by atoms with Crippen molar-refractivity contribution < 1.29 is 18.0 Å². The molecule has 200 valence electrons. The summed E-state index contributed by atoms with van der Waals surface area (Å²) in [5, 5.41) is 5.45. The van der Waals surface area contributed by atoms with E-state index in [1.54, 1.807) is 24.3 Å². The number of anilines is 2. The second-order valence-corrected chi connectivity index (χ2v) is 11.9. The van der Waals surface area contributed by atoms with Gasteiger partial charge in [0, 0.05) is 42.3 Å². The summed E-state index contributed by atoms with van der Waals surface area (Å²) < 4.78 is 27.9. The van der Waals surface area contributed by atoms with Crippen molar-refractivity contribution >= 4 is 60.5 Å². The van der Waals surface area contributed by atoms with Gasteiger partial charge in [-0.15, -0.1) is 0 Å². The molecule has 37 heavy (non-hydrogen) atoms. The van der Waals surface area contributed by atoms with Crippen LogP contribution in [0.25, 0.3) is 0 Å². The Morgan fingerprint density at radius 3 is 2.43 bits per heavy atom. The first-order valence-corrected chi connectivity index (χ1v) is 14.9. The van der Waals surface area contributed by atoms with Gasteiger partial charge in [0.25, 0.3) is 5.91 Å². The summed E-state index contributed by atoms with van der Waals surface area (Å²) in [5.41, 5.74) is 9.21. The SMILES string of the molecule is CCCC(=O)NCCCN(c1cc(N)c(C(=Nc2ccc(Br)cc2)C(=O)NC)cc1C1CC1)S(C)(=O)=O. The minimum Gasteiger partial charge on any atom is -0.398 e. The van der Waals surface area contributed by atoms with Crippen LogP contribution >= 0.6 is 15.9 Å². The van der Waals surface area contributed by atoms with Crippen molar-refractivity contribution in [3.63, 3.8) is 0 Å². The minimum atomic E-state index is -3.63. The van der Waals surface area contributed by atoms with Gasteiger partial charge in [-0.05, 0) is 73.6 Å². The largest absolute Gasteiger partial charge is 0.398 e. The third-order valence-electron chi connectivity index (χ3n) is 5.99. The smallest absolute Gasteiger partial charge is 0.270 e. The average Bonchev–Trinajstić information content (AvgIpc) is 3.68. The van der Waals surface area contributed by atoms with Gasteiger partial charge in [-0.25, -0.2) is 13.4 Å². The number of halogens is 1. The van der Waals surface area contributed by atoms with Crippen LogP contribution in [0.3, 0.4) is 0 Å². The van der Waals surface area contributed by atoms with Crippen LogP contribution in [0.2, 0.25) is 0 Å². The predicted molar refractivity (Wildman–Crippen MR) is 152 cm³/mol. The monoisotopic (exact) mass is 591 g/mol. The number of hydrogen-bond acceptors (Lipinski definition) is 6. The Morgan fingerprint density at radius 1 is 1.19 bits per heavy atom. The Bertz CT molecular complexity index is 1270. The van der Waals surface area contributed by atoms with Crippen molar-refractivity contribution in [3.05, 3.63) is 52.0 Å². The van der Waals surface area contributed by atoms with Crippen molar-refractivity contribution in [1.82, 2.24) is 10.6 Å². The van der Waals surface area contributed by atoms with Gasteiger partial charge >= 0.3 is 0 Å². The first kappa shape index (κ1) is 28.6. The number of benzene rings is 2. The highest BCUT2D eigenvalue weighted by Gasteiger charge is 2.32. The molecule has 2 amide bonds. The maximum atomic E-state index is 12.8. The molecule has 0 atom stereocenters. The molecular formula is C26H34BrN5O4S. The van der Waals surface area contributed by atoms with Gasteiger partial charge in [-0.1, -0.05) is 22.9 Å². The zero-order valence-corrected chi connectivity index (χ0v) is 23.8. The third kappa shape index (κ3) is 7.78. The molecule has 1 aliphatic rings. The van der Waals surface area contributed by atoms with Crippen LogP contribution in [0.15, 0.2) is 45.9 Å². The molecule has 4 N–H and O–H groups in total. The van der Waals surface area contributed by atoms with E-state index in [-0.39, 0.29) is 29.8 Å². The maximum absolute atomic E-state index is 12.8. The van der Waals surface area contributed by atoms with Crippen molar-refractivity contribution in [2.45, 2.75) is 44.9 Å². The Balaban J connectivity index is 2.00. The van der Waals surface area contributed by atoms with E-state index in [1.165, 1.54) is 11.4 Å². The maximum Gasteiger partial charge on any atom is 0.270 e. The van der Waals surface area contributed by atoms with Crippen LogP contribution in [0, 0.1) is 0 Å². The molecule has 0 bridgehead atoms. The average molecular weight is 593 g/mol. The minimum absolute atomic E-state index is 0.0486. The fourth-order valence-corrected chi connectivity index (χ4v) is 5.23. The molecule has 2 aromatic rings. The van der Waals surface area contributed by atoms with Gasteiger partial charge in [0.15, 0.2) is 0 Å². The summed E-state index contributed by atoms with van der Waals surface area (Å²) >= 11 is 3.39. The van der Waals surface area contributed by atoms with Crippen molar-refractivity contribution in [1.29, 1.82) is 0 Å². The number of carbonyl (C=O) groups excluding carboxylic acids is 2. The van der Waals surface area contributed by atoms with Crippen LogP contribution in [-0.2, 0) is 19.6 Å². The topological polar surface area (TPSA) is 134 Å². The highest BCUT2D eigenvalue weighted by molar-refractivity contribution is 9.10. The molecule has 1 saturated carbocycles. The number of aliphatic imine (C=N–C) groups is 1. The molecule has 1 fully saturated rings.